The molecular weight excluding hydrogens is 284 g/mol. The average molecular weight is 298 g/mol. The Bertz CT molecular complexity index is 707. The molecule has 22 heavy (non-hydrogen) atoms. The molecule has 0 atom stereocenters. The monoisotopic (exact) mass is 298 g/mol. The summed E-state index contributed by atoms with van der Waals surface area (Å²) in [5, 5.41) is 23.5. The van der Waals surface area contributed by atoms with Gasteiger partial charge in [0.2, 0.25) is 0 Å². The Kier molecular flexibility index (Phi) is 3.62. The zero-order valence-electron chi connectivity index (χ0n) is 11.6. The molecule has 3 rings (SSSR count). The van der Waals surface area contributed by atoms with Gasteiger partial charge in [-0.3, -0.25) is 9.59 Å². The van der Waals surface area contributed by atoms with Crippen LogP contribution in [0.5, 0.6) is 0 Å². The number of carbonyl (C=O) groups excluding carboxylic acids is 2. The van der Waals surface area contributed by atoms with Crippen molar-refractivity contribution in [1.29, 1.82) is 0 Å². The van der Waals surface area contributed by atoms with E-state index < -0.39 is 0 Å². The fraction of sp³-hybridized carbons (Fsp3) is 0.125. The van der Waals surface area contributed by atoms with Crippen molar-refractivity contribution in [3.63, 3.8) is 0 Å². The number of carbonyl (C=O) groups is 2. The van der Waals surface area contributed by atoms with Crippen molar-refractivity contribution in [2.75, 3.05) is 24.1 Å². The van der Waals surface area contributed by atoms with E-state index in [0.717, 1.165) is 0 Å². The molecule has 0 fully saturated rings. The van der Waals surface area contributed by atoms with Crippen LogP contribution in [0, 0.1) is 0 Å². The highest BCUT2D eigenvalue weighted by atomic mass is 16.3. The van der Waals surface area contributed by atoms with Crippen molar-refractivity contribution in [3.05, 3.63) is 58.7 Å². The summed E-state index contributed by atoms with van der Waals surface area (Å²) in [6.07, 6.45) is 0. The van der Waals surface area contributed by atoms with Gasteiger partial charge < -0.3 is 20.8 Å². The number of fused-ring (bicyclic) bond motifs is 2. The Morgan fingerprint density at radius 1 is 0.727 bits per heavy atom. The van der Waals surface area contributed by atoms with Crippen LogP contribution in [0.1, 0.15) is 31.8 Å². The first-order chi connectivity index (χ1) is 10.7. The summed E-state index contributed by atoms with van der Waals surface area (Å²) in [5.74, 6) is -0.578. The molecule has 0 radical (unpaired) electrons. The average Bonchev–Trinajstić information content (AvgIpc) is 2.54. The van der Waals surface area contributed by atoms with Crippen LogP contribution in [0.3, 0.4) is 0 Å². The molecule has 1 aliphatic carbocycles. The van der Waals surface area contributed by atoms with Gasteiger partial charge in [0, 0.05) is 22.5 Å². The topological polar surface area (TPSA) is 98.7 Å². The highest BCUT2D eigenvalue weighted by Crippen LogP contribution is 2.36. The van der Waals surface area contributed by atoms with Crippen LogP contribution in [-0.4, -0.2) is 35.2 Å². The summed E-state index contributed by atoms with van der Waals surface area (Å²) >= 11 is 0. The summed E-state index contributed by atoms with van der Waals surface area (Å²) < 4.78 is 0. The van der Waals surface area contributed by atoms with Crippen molar-refractivity contribution in [2.45, 2.75) is 0 Å². The Labute approximate surface area is 126 Å². The highest BCUT2D eigenvalue weighted by Gasteiger charge is 2.33. The predicted molar refractivity (Wildman–Crippen MR) is 81.2 cm³/mol. The van der Waals surface area contributed by atoms with E-state index >= 15 is 0 Å². The van der Waals surface area contributed by atoms with Crippen molar-refractivity contribution in [1.82, 2.24) is 0 Å². The number of nitrogens with one attached hydrogen (secondary N) is 2. The Balaban J connectivity index is 2.29. The molecule has 1 aliphatic rings. The molecule has 6 heteroatoms. The van der Waals surface area contributed by atoms with Crippen LogP contribution in [0.2, 0.25) is 0 Å². The third-order valence-electron chi connectivity index (χ3n) is 3.61. The third kappa shape index (κ3) is 2.05. The van der Waals surface area contributed by atoms with E-state index in [-0.39, 0.29) is 36.2 Å². The Morgan fingerprint density at radius 3 is 1.50 bits per heavy atom. The number of anilines is 2. The zero-order valence-corrected chi connectivity index (χ0v) is 11.6. The molecule has 0 aliphatic heterocycles. The lowest BCUT2D eigenvalue weighted by atomic mass is 9.82. The maximum Gasteiger partial charge on any atom is 0.196 e. The minimum Gasteiger partial charge on any atom is -0.377 e. The van der Waals surface area contributed by atoms with Crippen molar-refractivity contribution in [2.24, 2.45) is 0 Å². The van der Waals surface area contributed by atoms with Gasteiger partial charge in [-0.15, -0.1) is 0 Å². The molecule has 2 aromatic rings. The molecule has 4 N–H and O–H groups in total. The Morgan fingerprint density at radius 2 is 1.14 bits per heavy atom. The molecule has 2 aromatic carbocycles. The zero-order chi connectivity index (χ0) is 15.7. The van der Waals surface area contributed by atoms with E-state index in [4.69, 9.17) is 10.2 Å². The number of hydrogen-bond acceptors (Lipinski definition) is 6. The first-order valence-corrected chi connectivity index (χ1v) is 6.74. The maximum absolute atomic E-state index is 12.7. The Hall–Kier alpha value is -2.70. The lowest BCUT2D eigenvalue weighted by Crippen LogP contribution is -2.24. The number of benzene rings is 2. The van der Waals surface area contributed by atoms with Crippen molar-refractivity contribution in [3.8, 4) is 0 Å². The predicted octanol–water partition coefficient (Wildman–Crippen LogP) is 1.19. The SMILES string of the molecule is O=C1c2ccccc2C(=O)c2c(NCO)ccc(NCO)c21. The van der Waals surface area contributed by atoms with Crippen LogP contribution >= 0.6 is 0 Å². The molecule has 0 aromatic heterocycles. The normalized spacial score (nSPS) is 12.6. The molecule has 0 saturated carbocycles. The lowest BCUT2D eigenvalue weighted by molar-refractivity contribution is 0.0980. The van der Waals surface area contributed by atoms with Gasteiger partial charge in [0.25, 0.3) is 0 Å². The third-order valence-corrected chi connectivity index (χ3v) is 3.61. The first kappa shape index (κ1) is 14.2. The number of aliphatic hydroxyl groups is 2. The molecule has 6 nitrogen and oxygen atoms in total. The van der Waals surface area contributed by atoms with Gasteiger partial charge in [-0.05, 0) is 12.1 Å². The minimum atomic E-state index is -0.359. The summed E-state index contributed by atoms with van der Waals surface area (Å²) in [4.78, 5) is 25.5. The fourth-order valence-electron chi connectivity index (χ4n) is 2.69. The first-order valence-electron chi connectivity index (χ1n) is 6.74. The second kappa shape index (κ2) is 5.59. The van der Waals surface area contributed by atoms with Crippen LogP contribution in [0.15, 0.2) is 36.4 Å². The molecular formula is C16H14N2O4. The van der Waals surface area contributed by atoms with E-state index in [1.54, 1.807) is 36.4 Å². The molecule has 0 amide bonds. The van der Waals surface area contributed by atoms with E-state index in [9.17, 15) is 9.59 Å². The van der Waals surface area contributed by atoms with Gasteiger partial charge in [-0.1, -0.05) is 24.3 Å². The summed E-state index contributed by atoms with van der Waals surface area (Å²) in [6, 6.07) is 9.78. The largest absolute Gasteiger partial charge is 0.377 e. The minimum absolute atomic E-state index is 0.205. The number of hydrogen-bond donors (Lipinski definition) is 4. The summed E-state index contributed by atoms with van der Waals surface area (Å²) in [7, 11) is 0. The summed E-state index contributed by atoms with van der Waals surface area (Å²) in [5.41, 5.74) is 1.85. The van der Waals surface area contributed by atoms with Gasteiger partial charge in [0.1, 0.15) is 13.5 Å². The van der Waals surface area contributed by atoms with Gasteiger partial charge in [0.15, 0.2) is 11.6 Å². The quantitative estimate of drug-likeness (QED) is 0.540. The molecule has 112 valence electrons. The number of rotatable bonds is 4. The van der Waals surface area contributed by atoms with E-state index in [0.29, 0.717) is 22.5 Å². The second-order valence-corrected chi connectivity index (χ2v) is 4.78. The fourth-order valence-corrected chi connectivity index (χ4v) is 2.69. The highest BCUT2D eigenvalue weighted by molar-refractivity contribution is 6.31. The van der Waals surface area contributed by atoms with E-state index in [1.807, 2.05) is 0 Å². The van der Waals surface area contributed by atoms with Gasteiger partial charge in [0.05, 0.1) is 11.1 Å². The van der Waals surface area contributed by atoms with Crippen molar-refractivity contribution < 1.29 is 19.8 Å². The molecule has 0 unspecified atom stereocenters. The standard InChI is InChI=1S/C16H14N2O4/c19-7-17-11-5-6-12(18-8-20)14-13(11)15(21)9-3-1-2-4-10(9)16(14)22/h1-6,17-20H,7-8H2. The molecule has 0 saturated heterocycles. The van der Waals surface area contributed by atoms with Crippen LogP contribution in [-0.2, 0) is 0 Å². The van der Waals surface area contributed by atoms with Gasteiger partial charge in [-0.25, -0.2) is 0 Å². The van der Waals surface area contributed by atoms with E-state index in [1.165, 1.54) is 0 Å². The van der Waals surface area contributed by atoms with Crippen LogP contribution in [0.25, 0.3) is 0 Å². The van der Waals surface area contributed by atoms with Crippen molar-refractivity contribution >= 4 is 22.9 Å². The van der Waals surface area contributed by atoms with E-state index in [2.05, 4.69) is 10.6 Å². The smallest absolute Gasteiger partial charge is 0.196 e. The lowest BCUT2D eigenvalue weighted by Gasteiger charge is -2.23. The van der Waals surface area contributed by atoms with Gasteiger partial charge in [-0.2, -0.15) is 0 Å². The molecule has 0 bridgehead atoms. The van der Waals surface area contributed by atoms with Crippen LogP contribution < -0.4 is 10.6 Å². The number of aliphatic hydroxyl groups excluding tert-OH is 2. The molecule has 0 heterocycles. The second-order valence-electron chi connectivity index (χ2n) is 4.78. The van der Waals surface area contributed by atoms with Gasteiger partial charge >= 0.3 is 0 Å². The number of ketones is 2. The van der Waals surface area contributed by atoms with Crippen LogP contribution in [0.4, 0.5) is 11.4 Å². The molecule has 0 spiro atoms. The maximum atomic E-state index is 12.7. The summed E-state index contributed by atoms with van der Waals surface area (Å²) in [6.45, 7) is -0.718.